The van der Waals surface area contributed by atoms with Crippen molar-refractivity contribution in [1.82, 2.24) is 0 Å². The zero-order chi connectivity index (χ0) is 17.4. The predicted octanol–water partition coefficient (Wildman–Crippen LogP) is 2.92. The van der Waals surface area contributed by atoms with E-state index < -0.39 is 54.6 Å². The van der Waals surface area contributed by atoms with Crippen LogP contribution in [-0.4, -0.2) is 13.3 Å². The highest BCUT2D eigenvalue weighted by Crippen LogP contribution is 2.31. The average Bonchev–Trinajstić information content (AvgIpc) is 2.43. The van der Waals surface area contributed by atoms with E-state index >= 15 is 0 Å². The van der Waals surface area contributed by atoms with Crippen molar-refractivity contribution in [3.63, 3.8) is 0 Å². The van der Waals surface area contributed by atoms with Crippen LogP contribution in [0.5, 0.6) is 5.75 Å². The maximum atomic E-state index is 13.5. The van der Waals surface area contributed by atoms with Crippen LogP contribution in [0, 0.1) is 33.4 Å². The van der Waals surface area contributed by atoms with Crippen LogP contribution in [-0.2, 0) is 10.1 Å². The molecule has 0 saturated carbocycles. The van der Waals surface area contributed by atoms with E-state index in [2.05, 4.69) is 4.18 Å². The fourth-order valence-corrected chi connectivity index (χ4v) is 2.57. The Morgan fingerprint density at radius 3 is 2.26 bits per heavy atom. The average molecular weight is 351 g/mol. The summed E-state index contributed by atoms with van der Waals surface area (Å²) in [6, 6.07) is 2.38. The molecule has 0 aliphatic carbocycles. The van der Waals surface area contributed by atoms with Crippen molar-refractivity contribution in [2.24, 2.45) is 0 Å². The number of hydrogen-bond acceptors (Lipinski definition) is 5. The van der Waals surface area contributed by atoms with Gasteiger partial charge < -0.3 is 4.18 Å². The topological polar surface area (TPSA) is 86.5 Å². The van der Waals surface area contributed by atoms with Crippen LogP contribution in [0.4, 0.5) is 23.2 Å². The molecule has 0 atom stereocenters. The zero-order valence-corrected chi connectivity index (χ0v) is 11.6. The highest BCUT2D eigenvalue weighted by Gasteiger charge is 2.29. The number of nitro groups is 1. The van der Waals surface area contributed by atoms with Crippen molar-refractivity contribution >= 4 is 15.8 Å². The van der Waals surface area contributed by atoms with Crippen molar-refractivity contribution in [1.29, 1.82) is 0 Å². The van der Waals surface area contributed by atoms with Gasteiger partial charge in [0.05, 0.1) is 4.92 Å². The molecule has 0 bridgehead atoms. The molecular weight excluding hydrogens is 346 g/mol. The number of rotatable bonds is 4. The van der Waals surface area contributed by atoms with Crippen LogP contribution in [0.15, 0.2) is 35.2 Å². The number of nitrogens with zero attached hydrogens (tertiary/aromatic N) is 1. The Hall–Kier alpha value is -2.69. The van der Waals surface area contributed by atoms with Crippen LogP contribution >= 0.6 is 0 Å². The Balaban J connectivity index is 2.54. The van der Waals surface area contributed by atoms with E-state index in [4.69, 9.17) is 0 Å². The monoisotopic (exact) mass is 351 g/mol. The van der Waals surface area contributed by atoms with Gasteiger partial charge in [-0.3, -0.25) is 10.1 Å². The summed E-state index contributed by atoms with van der Waals surface area (Å²) < 4.78 is 80.6. The molecule has 0 spiro atoms. The van der Waals surface area contributed by atoms with Crippen molar-refractivity contribution in [3.05, 3.63) is 63.7 Å². The molecule has 122 valence electrons. The predicted molar refractivity (Wildman–Crippen MR) is 67.2 cm³/mol. The fraction of sp³-hybridized carbons (Fsp3) is 0. The van der Waals surface area contributed by atoms with E-state index in [0.717, 1.165) is 0 Å². The zero-order valence-electron chi connectivity index (χ0n) is 10.8. The summed E-state index contributed by atoms with van der Waals surface area (Å²) in [6.45, 7) is 0. The minimum Gasteiger partial charge on any atom is -0.371 e. The molecule has 0 unspecified atom stereocenters. The number of nitro benzene ring substituents is 1. The molecule has 0 saturated heterocycles. The molecule has 2 aromatic carbocycles. The van der Waals surface area contributed by atoms with Gasteiger partial charge in [0, 0.05) is 12.1 Å². The van der Waals surface area contributed by atoms with E-state index in [1.54, 1.807) is 0 Å². The second kappa shape index (κ2) is 5.83. The molecule has 0 amide bonds. The molecule has 0 radical (unpaired) electrons. The molecule has 0 aliphatic rings. The Bertz CT molecular complexity index is 901. The summed E-state index contributed by atoms with van der Waals surface area (Å²) in [4.78, 5) is 8.29. The van der Waals surface area contributed by atoms with E-state index in [-0.39, 0.29) is 0 Å². The standard InChI is InChI=1S/C12H5F4NO5S/c13-6-1-3-8(17(18)19)9(5-6)22-23(20,21)10-4-2-7(14)11(15)12(10)16/h1-5H. The molecule has 0 N–H and O–H groups in total. The van der Waals surface area contributed by atoms with Crippen LogP contribution in [0.1, 0.15) is 0 Å². The van der Waals surface area contributed by atoms with Crippen LogP contribution < -0.4 is 4.18 Å². The Morgan fingerprint density at radius 1 is 1.00 bits per heavy atom. The third-order valence-electron chi connectivity index (χ3n) is 2.59. The third-order valence-corrected chi connectivity index (χ3v) is 3.84. The van der Waals surface area contributed by atoms with Crippen molar-refractivity contribution in [3.8, 4) is 5.75 Å². The smallest absolute Gasteiger partial charge is 0.342 e. The summed E-state index contributed by atoms with van der Waals surface area (Å²) in [5, 5.41) is 10.7. The SMILES string of the molecule is O=[N+]([O-])c1ccc(F)cc1OS(=O)(=O)c1ccc(F)c(F)c1F. The van der Waals surface area contributed by atoms with Crippen LogP contribution in [0.3, 0.4) is 0 Å². The Morgan fingerprint density at radius 2 is 1.65 bits per heavy atom. The molecule has 0 fully saturated rings. The lowest BCUT2D eigenvalue weighted by Gasteiger charge is -2.08. The second-order valence-corrected chi connectivity index (χ2v) is 5.59. The molecule has 2 rings (SSSR count). The summed E-state index contributed by atoms with van der Waals surface area (Å²) in [6.07, 6.45) is 0. The van der Waals surface area contributed by atoms with Gasteiger partial charge in [-0.1, -0.05) is 0 Å². The summed E-state index contributed by atoms with van der Waals surface area (Å²) >= 11 is 0. The first-order valence-electron chi connectivity index (χ1n) is 5.65. The lowest BCUT2D eigenvalue weighted by atomic mass is 10.3. The van der Waals surface area contributed by atoms with E-state index in [1.807, 2.05) is 0 Å². The Labute approximate surface area is 126 Å². The molecule has 23 heavy (non-hydrogen) atoms. The molecule has 11 heteroatoms. The van der Waals surface area contributed by atoms with Gasteiger partial charge in [-0.25, -0.2) is 17.6 Å². The first-order chi connectivity index (χ1) is 10.6. The maximum Gasteiger partial charge on any atom is 0.342 e. The highest BCUT2D eigenvalue weighted by atomic mass is 32.2. The van der Waals surface area contributed by atoms with Crippen molar-refractivity contribution < 1.29 is 35.1 Å². The molecular formula is C12H5F4NO5S. The van der Waals surface area contributed by atoms with E-state index in [1.165, 1.54) is 0 Å². The number of hydrogen-bond donors (Lipinski definition) is 0. The molecule has 0 aromatic heterocycles. The highest BCUT2D eigenvalue weighted by molar-refractivity contribution is 7.87. The first kappa shape index (κ1) is 16.7. The van der Waals surface area contributed by atoms with Gasteiger partial charge in [0.15, 0.2) is 17.5 Å². The lowest BCUT2D eigenvalue weighted by Crippen LogP contribution is -2.14. The van der Waals surface area contributed by atoms with Gasteiger partial charge in [-0.2, -0.15) is 8.42 Å². The lowest BCUT2D eigenvalue weighted by molar-refractivity contribution is -0.385. The second-order valence-electron chi connectivity index (χ2n) is 4.08. The van der Waals surface area contributed by atoms with Gasteiger partial charge >= 0.3 is 15.8 Å². The molecule has 0 aliphatic heterocycles. The third kappa shape index (κ3) is 3.23. The normalized spacial score (nSPS) is 11.3. The Kier molecular flexibility index (Phi) is 4.23. The molecule has 0 heterocycles. The minimum absolute atomic E-state index is 0.328. The quantitative estimate of drug-likeness (QED) is 0.278. The van der Waals surface area contributed by atoms with Crippen LogP contribution in [0.2, 0.25) is 0 Å². The molecule has 6 nitrogen and oxygen atoms in total. The summed E-state index contributed by atoms with van der Waals surface area (Å²) in [5.74, 6) is -7.88. The van der Waals surface area contributed by atoms with Crippen LogP contribution in [0.25, 0.3) is 0 Å². The first-order valence-corrected chi connectivity index (χ1v) is 7.06. The van der Waals surface area contributed by atoms with Gasteiger partial charge in [0.25, 0.3) is 0 Å². The largest absolute Gasteiger partial charge is 0.371 e. The minimum atomic E-state index is -5.11. The summed E-state index contributed by atoms with van der Waals surface area (Å²) in [5.41, 5.74) is -0.919. The fourth-order valence-electron chi connectivity index (χ4n) is 1.57. The van der Waals surface area contributed by atoms with E-state index in [0.29, 0.717) is 30.3 Å². The number of benzene rings is 2. The van der Waals surface area contributed by atoms with E-state index in [9.17, 15) is 36.1 Å². The van der Waals surface area contributed by atoms with Gasteiger partial charge in [0.1, 0.15) is 10.7 Å². The van der Waals surface area contributed by atoms with Crippen molar-refractivity contribution in [2.75, 3.05) is 0 Å². The summed E-state index contributed by atoms with van der Waals surface area (Å²) in [7, 11) is -5.11. The van der Waals surface area contributed by atoms with Crippen molar-refractivity contribution in [2.45, 2.75) is 4.90 Å². The maximum absolute atomic E-state index is 13.5. The van der Waals surface area contributed by atoms with Gasteiger partial charge in [-0.05, 0) is 18.2 Å². The molecule has 2 aromatic rings. The van der Waals surface area contributed by atoms with Gasteiger partial charge in [-0.15, -0.1) is 0 Å². The van der Waals surface area contributed by atoms with Gasteiger partial charge in [0.2, 0.25) is 5.75 Å². The number of halogens is 4.